The first-order chi connectivity index (χ1) is 8.54. The summed E-state index contributed by atoms with van der Waals surface area (Å²) in [6, 6.07) is 5.72. The molecule has 2 N–H and O–H groups in total. The Balaban J connectivity index is 2.64. The number of halogens is 1. The number of rotatable bonds is 6. The van der Waals surface area contributed by atoms with E-state index in [4.69, 9.17) is 9.84 Å². The average molecular weight is 316 g/mol. The number of amides is 1. The molecule has 0 aromatic heterocycles. The lowest BCUT2D eigenvalue weighted by Crippen LogP contribution is -2.31. The fourth-order valence-electron chi connectivity index (χ4n) is 1.49. The summed E-state index contributed by atoms with van der Waals surface area (Å²) in [6.07, 6.45) is 0. The molecule has 1 amide bonds. The molecule has 4 nitrogen and oxygen atoms in total. The third-order valence-corrected chi connectivity index (χ3v) is 2.88. The summed E-state index contributed by atoms with van der Waals surface area (Å²) in [6.45, 7) is 4.28. The first kappa shape index (κ1) is 15.0. The molecule has 18 heavy (non-hydrogen) atoms. The normalized spacial score (nSPS) is 10.5. The fourth-order valence-corrected chi connectivity index (χ4v) is 1.87. The third kappa shape index (κ3) is 4.66. The molecule has 100 valence electrons. The standard InChI is InChI=1S/C13H18BrNO3/c1-9(2)11-7-10(14)3-4-12(11)18-8-13(17)15-5-6-16/h3-4,7,9,16H,5-6,8H2,1-2H3,(H,15,17). The summed E-state index contributed by atoms with van der Waals surface area (Å²) in [5.41, 5.74) is 1.05. The van der Waals surface area contributed by atoms with Crippen molar-refractivity contribution in [2.45, 2.75) is 19.8 Å². The van der Waals surface area contributed by atoms with Crippen LogP contribution in [0, 0.1) is 0 Å². The van der Waals surface area contributed by atoms with Gasteiger partial charge < -0.3 is 15.2 Å². The van der Waals surface area contributed by atoms with Crippen LogP contribution in [0.5, 0.6) is 5.75 Å². The van der Waals surface area contributed by atoms with Gasteiger partial charge in [-0.1, -0.05) is 29.8 Å². The number of carbonyl (C=O) groups is 1. The predicted octanol–water partition coefficient (Wildman–Crippen LogP) is 2.06. The van der Waals surface area contributed by atoms with E-state index in [0.717, 1.165) is 10.0 Å². The van der Waals surface area contributed by atoms with E-state index in [9.17, 15) is 4.79 Å². The van der Waals surface area contributed by atoms with Crippen LogP contribution in [0.3, 0.4) is 0 Å². The topological polar surface area (TPSA) is 58.6 Å². The molecule has 0 saturated carbocycles. The highest BCUT2D eigenvalue weighted by molar-refractivity contribution is 9.10. The van der Waals surface area contributed by atoms with Gasteiger partial charge in [-0.3, -0.25) is 4.79 Å². The van der Waals surface area contributed by atoms with Crippen molar-refractivity contribution in [2.24, 2.45) is 0 Å². The average Bonchev–Trinajstić information content (AvgIpc) is 2.34. The van der Waals surface area contributed by atoms with Crippen LogP contribution in [-0.2, 0) is 4.79 Å². The van der Waals surface area contributed by atoms with Crippen LogP contribution in [0.1, 0.15) is 25.3 Å². The van der Waals surface area contributed by atoms with Gasteiger partial charge in [0.2, 0.25) is 0 Å². The zero-order valence-electron chi connectivity index (χ0n) is 10.6. The van der Waals surface area contributed by atoms with E-state index >= 15 is 0 Å². The van der Waals surface area contributed by atoms with E-state index < -0.39 is 0 Å². The highest BCUT2D eigenvalue weighted by atomic mass is 79.9. The molecule has 0 radical (unpaired) electrons. The molecule has 5 heteroatoms. The number of hydrogen-bond acceptors (Lipinski definition) is 3. The van der Waals surface area contributed by atoms with E-state index in [-0.39, 0.29) is 25.7 Å². The van der Waals surface area contributed by atoms with Crippen LogP contribution in [0.2, 0.25) is 0 Å². The summed E-state index contributed by atoms with van der Waals surface area (Å²) in [5.74, 6) is 0.798. The second kappa shape index (κ2) is 7.38. The molecule has 0 unspecified atom stereocenters. The van der Waals surface area contributed by atoms with Crippen molar-refractivity contribution in [2.75, 3.05) is 19.8 Å². The fraction of sp³-hybridized carbons (Fsp3) is 0.462. The van der Waals surface area contributed by atoms with Gasteiger partial charge in [-0.15, -0.1) is 0 Å². The number of carbonyl (C=O) groups excluding carboxylic acids is 1. The first-order valence-electron chi connectivity index (χ1n) is 5.84. The van der Waals surface area contributed by atoms with E-state index in [2.05, 4.69) is 35.1 Å². The Morgan fingerprint density at radius 2 is 2.22 bits per heavy atom. The number of hydrogen-bond donors (Lipinski definition) is 2. The van der Waals surface area contributed by atoms with Crippen molar-refractivity contribution >= 4 is 21.8 Å². The molecule has 1 aromatic carbocycles. The molecule has 0 saturated heterocycles. The van der Waals surface area contributed by atoms with Crippen LogP contribution in [0.25, 0.3) is 0 Å². The molecule has 0 spiro atoms. The Hall–Kier alpha value is -1.07. The second-order valence-electron chi connectivity index (χ2n) is 4.20. The van der Waals surface area contributed by atoms with Gasteiger partial charge in [-0.25, -0.2) is 0 Å². The number of nitrogens with one attached hydrogen (secondary N) is 1. The van der Waals surface area contributed by atoms with Gasteiger partial charge in [0.25, 0.3) is 5.91 Å². The van der Waals surface area contributed by atoms with Crippen molar-refractivity contribution in [3.05, 3.63) is 28.2 Å². The van der Waals surface area contributed by atoms with E-state index in [1.165, 1.54) is 0 Å². The quantitative estimate of drug-likeness (QED) is 0.844. The van der Waals surface area contributed by atoms with E-state index in [1.807, 2.05) is 18.2 Å². The van der Waals surface area contributed by atoms with Crippen LogP contribution in [0.15, 0.2) is 22.7 Å². The molecule has 0 bridgehead atoms. The third-order valence-electron chi connectivity index (χ3n) is 2.39. The Bertz CT molecular complexity index is 407. The monoisotopic (exact) mass is 315 g/mol. The van der Waals surface area contributed by atoms with Gasteiger partial charge in [-0.05, 0) is 29.7 Å². The van der Waals surface area contributed by atoms with Gasteiger partial charge in [0.05, 0.1) is 6.61 Å². The smallest absolute Gasteiger partial charge is 0.258 e. The molecule has 0 aliphatic heterocycles. The maximum atomic E-state index is 11.4. The molecular formula is C13H18BrNO3. The number of ether oxygens (including phenoxy) is 1. The molecule has 0 fully saturated rings. The largest absolute Gasteiger partial charge is 0.483 e. The Labute approximate surface area is 115 Å². The predicted molar refractivity (Wildman–Crippen MR) is 73.8 cm³/mol. The van der Waals surface area contributed by atoms with Gasteiger partial charge in [-0.2, -0.15) is 0 Å². The second-order valence-corrected chi connectivity index (χ2v) is 5.11. The molecule has 1 rings (SSSR count). The SMILES string of the molecule is CC(C)c1cc(Br)ccc1OCC(=O)NCCO. The van der Waals surface area contributed by atoms with Crippen LogP contribution < -0.4 is 10.1 Å². The molecule has 0 atom stereocenters. The maximum absolute atomic E-state index is 11.4. The van der Waals surface area contributed by atoms with Gasteiger partial charge in [0, 0.05) is 11.0 Å². The highest BCUT2D eigenvalue weighted by Crippen LogP contribution is 2.29. The van der Waals surface area contributed by atoms with Crippen molar-refractivity contribution in [3.63, 3.8) is 0 Å². The highest BCUT2D eigenvalue weighted by Gasteiger charge is 2.10. The summed E-state index contributed by atoms with van der Waals surface area (Å²) in [5, 5.41) is 11.1. The summed E-state index contributed by atoms with van der Waals surface area (Å²) >= 11 is 3.42. The Morgan fingerprint density at radius 1 is 1.50 bits per heavy atom. The molecule has 0 aliphatic rings. The van der Waals surface area contributed by atoms with Crippen molar-refractivity contribution in [3.8, 4) is 5.75 Å². The van der Waals surface area contributed by atoms with Crippen LogP contribution in [-0.4, -0.2) is 30.8 Å². The summed E-state index contributed by atoms with van der Waals surface area (Å²) in [4.78, 5) is 11.4. The van der Waals surface area contributed by atoms with Gasteiger partial charge in [0.15, 0.2) is 6.61 Å². The Kier molecular flexibility index (Phi) is 6.15. The van der Waals surface area contributed by atoms with Gasteiger partial charge >= 0.3 is 0 Å². The zero-order chi connectivity index (χ0) is 13.5. The van der Waals surface area contributed by atoms with E-state index in [1.54, 1.807) is 0 Å². The minimum Gasteiger partial charge on any atom is -0.483 e. The molecule has 0 aliphatic carbocycles. The minimum atomic E-state index is -0.235. The maximum Gasteiger partial charge on any atom is 0.258 e. The van der Waals surface area contributed by atoms with Crippen molar-refractivity contribution < 1.29 is 14.6 Å². The molecule has 0 heterocycles. The first-order valence-corrected chi connectivity index (χ1v) is 6.63. The van der Waals surface area contributed by atoms with Crippen LogP contribution >= 0.6 is 15.9 Å². The molecule has 1 aromatic rings. The van der Waals surface area contributed by atoms with Crippen LogP contribution in [0.4, 0.5) is 0 Å². The Morgan fingerprint density at radius 3 is 2.83 bits per heavy atom. The van der Waals surface area contributed by atoms with Gasteiger partial charge in [0.1, 0.15) is 5.75 Å². The number of benzene rings is 1. The minimum absolute atomic E-state index is 0.0403. The summed E-state index contributed by atoms with van der Waals surface area (Å²) < 4.78 is 6.49. The lowest BCUT2D eigenvalue weighted by Gasteiger charge is -2.14. The number of aliphatic hydroxyl groups is 1. The van der Waals surface area contributed by atoms with Crippen molar-refractivity contribution in [1.82, 2.24) is 5.32 Å². The van der Waals surface area contributed by atoms with Crippen molar-refractivity contribution in [1.29, 1.82) is 0 Å². The lowest BCUT2D eigenvalue weighted by molar-refractivity contribution is -0.123. The zero-order valence-corrected chi connectivity index (χ0v) is 12.2. The van der Waals surface area contributed by atoms with E-state index in [0.29, 0.717) is 11.7 Å². The lowest BCUT2D eigenvalue weighted by atomic mass is 10.0. The summed E-state index contributed by atoms with van der Waals surface area (Å²) in [7, 11) is 0. The number of aliphatic hydroxyl groups excluding tert-OH is 1. The molecular weight excluding hydrogens is 298 g/mol.